The summed E-state index contributed by atoms with van der Waals surface area (Å²) in [6, 6.07) is 9.40. The monoisotopic (exact) mass is 525 g/mol. The van der Waals surface area contributed by atoms with Gasteiger partial charge in [0, 0.05) is 66.5 Å². The lowest BCUT2D eigenvalue weighted by Gasteiger charge is -2.43. The maximum atomic E-state index is 15.8. The Labute approximate surface area is 222 Å². The molecule has 0 amide bonds. The topological polar surface area (TPSA) is 68.8 Å². The number of aromatic nitrogens is 1. The van der Waals surface area contributed by atoms with Crippen LogP contribution in [0.3, 0.4) is 0 Å². The van der Waals surface area contributed by atoms with E-state index in [1.54, 1.807) is 13.8 Å². The summed E-state index contributed by atoms with van der Waals surface area (Å²) in [5.41, 5.74) is 1.42. The predicted octanol–water partition coefficient (Wildman–Crippen LogP) is 5.61. The van der Waals surface area contributed by atoms with Gasteiger partial charge in [0.1, 0.15) is 24.0 Å². The summed E-state index contributed by atoms with van der Waals surface area (Å²) < 4.78 is 37.4. The van der Waals surface area contributed by atoms with Crippen molar-refractivity contribution in [2.45, 2.75) is 52.6 Å². The van der Waals surface area contributed by atoms with Crippen LogP contribution < -0.4 is 4.74 Å². The number of carboxylic acids is 1. The number of aliphatic carboxylic acids is 1. The highest BCUT2D eigenvalue weighted by Gasteiger charge is 2.42. The molecule has 2 aromatic carbocycles. The zero-order chi connectivity index (χ0) is 27.2. The van der Waals surface area contributed by atoms with Gasteiger partial charge in [0.25, 0.3) is 0 Å². The number of ether oxygens (including phenoxy) is 1. The Hall–Kier alpha value is -2.97. The molecule has 0 radical (unpaired) electrons. The van der Waals surface area contributed by atoms with Crippen molar-refractivity contribution < 1.29 is 23.4 Å². The lowest BCUT2D eigenvalue weighted by Crippen LogP contribution is -2.49. The van der Waals surface area contributed by atoms with Crippen LogP contribution in [0.25, 0.3) is 10.9 Å². The fourth-order valence-electron chi connectivity index (χ4n) is 5.90. The molecule has 1 aromatic heterocycles. The van der Waals surface area contributed by atoms with Gasteiger partial charge in [-0.15, -0.1) is 0 Å². The van der Waals surface area contributed by atoms with Crippen LogP contribution >= 0.6 is 0 Å². The maximum absolute atomic E-state index is 15.8. The fourth-order valence-corrected chi connectivity index (χ4v) is 5.90. The van der Waals surface area contributed by atoms with Crippen LogP contribution in [-0.2, 0) is 11.2 Å². The van der Waals surface area contributed by atoms with Crippen molar-refractivity contribution in [1.82, 2.24) is 14.8 Å². The summed E-state index contributed by atoms with van der Waals surface area (Å²) in [6.07, 6.45) is 1.80. The molecule has 0 saturated carbocycles. The first-order chi connectivity index (χ1) is 18.1. The number of nitrogens with zero attached hydrogens (tertiary/aromatic N) is 2. The summed E-state index contributed by atoms with van der Waals surface area (Å²) in [5.74, 6) is -1.46. The highest BCUT2D eigenvalue weighted by atomic mass is 19.1. The Morgan fingerprint density at radius 1 is 1.18 bits per heavy atom. The number of halogens is 2. The van der Waals surface area contributed by atoms with E-state index in [9.17, 15) is 9.90 Å². The number of fused-ring (bicyclic) bond motifs is 3. The number of nitrogens with one attached hydrogen (secondary N) is 1. The summed E-state index contributed by atoms with van der Waals surface area (Å²) in [5, 5.41) is 10.9. The standard InChI is InChI=1S/C30H37F2N3O3/c1-5-19-15-34(16-19)10-11-38-20-13-23(31)26(24(32)14-20)28-27-22(21-8-6-7-9-25(21)33-27)12-18(2)35(28)17-30(3,4)29(36)37/h6-9,13-14,18-19,28,33H,5,10-12,15-17H2,1-4H3,(H,36,37)/t18-,28+/m1/s1. The Morgan fingerprint density at radius 3 is 2.53 bits per heavy atom. The van der Waals surface area contributed by atoms with Gasteiger partial charge in [0.15, 0.2) is 0 Å². The number of hydrogen-bond acceptors (Lipinski definition) is 4. The largest absolute Gasteiger partial charge is 0.492 e. The van der Waals surface area contributed by atoms with Crippen LogP contribution in [0.15, 0.2) is 36.4 Å². The van der Waals surface area contributed by atoms with Gasteiger partial charge in [-0.05, 0) is 44.7 Å². The van der Waals surface area contributed by atoms with Gasteiger partial charge in [-0.3, -0.25) is 14.6 Å². The molecular weight excluding hydrogens is 488 g/mol. The van der Waals surface area contributed by atoms with Crippen molar-refractivity contribution in [1.29, 1.82) is 0 Å². The van der Waals surface area contributed by atoms with E-state index >= 15 is 8.78 Å². The molecule has 2 aliphatic heterocycles. The second kappa shape index (κ2) is 10.3. The van der Waals surface area contributed by atoms with Crippen molar-refractivity contribution in [3.8, 4) is 5.75 Å². The highest BCUT2D eigenvalue weighted by molar-refractivity contribution is 5.85. The second-order valence-corrected chi connectivity index (χ2v) is 11.6. The molecule has 2 atom stereocenters. The molecule has 38 heavy (non-hydrogen) atoms. The Bertz CT molecular complexity index is 1310. The zero-order valence-electron chi connectivity index (χ0n) is 22.6. The van der Waals surface area contributed by atoms with E-state index in [0.717, 1.165) is 48.4 Å². The van der Waals surface area contributed by atoms with Gasteiger partial charge in [0.05, 0.1) is 11.5 Å². The minimum Gasteiger partial charge on any atom is -0.492 e. The molecule has 2 N–H and O–H groups in total. The van der Waals surface area contributed by atoms with Crippen molar-refractivity contribution in [2.24, 2.45) is 11.3 Å². The van der Waals surface area contributed by atoms with Gasteiger partial charge >= 0.3 is 5.97 Å². The van der Waals surface area contributed by atoms with E-state index in [1.807, 2.05) is 36.1 Å². The van der Waals surface area contributed by atoms with Gasteiger partial charge in [-0.2, -0.15) is 0 Å². The van der Waals surface area contributed by atoms with Gasteiger partial charge in [0.2, 0.25) is 0 Å². The number of benzene rings is 2. The van der Waals surface area contributed by atoms with E-state index in [2.05, 4.69) is 16.8 Å². The van der Waals surface area contributed by atoms with Gasteiger partial charge in [-0.1, -0.05) is 31.5 Å². The number of carboxylic acid groups (broad SMARTS) is 1. The number of H-pyrrole nitrogens is 1. The molecule has 3 aromatic rings. The molecule has 6 nitrogen and oxygen atoms in total. The second-order valence-electron chi connectivity index (χ2n) is 11.6. The third kappa shape index (κ3) is 4.92. The van der Waals surface area contributed by atoms with E-state index in [1.165, 1.54) is 12.1 Å². The van der Waals surface area contributed by atoms with Crippen LogP contribution in [0.1, 0.15) is 57.0 Å². The summed E-state index contributed by atoms with van der Waals surface area (Å²) in [6.45, 7) is 10.7. The molecule has 1 fully saturated rings. The number of rotatable bonds is 9. The molecule has 204 valence electrons. The van der Waals surface area contributed by atoms with Gasteiger partial charge < -0.3 is 14.8 Å². The van der Waals surface area contributed by atoms with E-state index < -0.39 is 29.1 Å². The van der Waals surface area contributed by atoms with Crippen molar-refractivity contribution in [3.63, 3.8) is 0 Å². The molecule has 8 heteroatoms. The first-order valence-electron chi connectivity index (χ1n) is 13.5. The lowest BCUT2D eigenvalue weighted by atomic mass is 9.84. The molecule has 5 rings (SSSR count). The minimum atomic E-state index is -1.11. The fraction of sp³-hybridized carbons (Fsp3) is 0.500. The molecule has 0 spiro atoms. The van der Waals surface area contributed by atoms with Crippen LogP contribution in [0.4, 0.5) is 8.78 Å². The minimum absolute atomic E-state index is 0.0913. The zero-order valence-corrected chi connectivity index (χ0v) is 22.6. The molecule has 0 aliphatic carbocycles. The maximum Gasteiger partial charge on any atom is 0.310 e. The Morgan fingerprint density at radius 2 is 1.87 bits per heavy atom. The third-order valence-corrected chi connectivity index (χ3v) is 8.29. The normalized spacial score (nSPS) is 20.9. The summed E-state index contributed by atoms with van der Waals surface area (Å²) in [4.78, 5) is 19.6. The SMILES string of the molecule is CCC1CN(CCOc2cc(F)c([C@H]3c4[nH]c5ccccc5c4C[C@@H](C)N3CC(C)(C)C(=O)O)c(F)c2)C1. The Kier molecular flexibility index (Phi) is 7.22. The average Bonchev–Trinajstić information content (AvgIpc) is 3.19. The van der Waals surface area contributed by atoms with Crippen molar-refractivity contribution in [2.75, 3.05) is 32.8 Å². The molecule has 0 unspecified atom stereocenters. The number of likely N-dealkylation sites (tertiary alicyclic amines) is 1. The third-order valence-electron chi connectivity index (χ3n) is 8.29. The number of aromatic amines is 1. The predicted molar refractivity (Wildman–Crippen MR) is 144 cm³/mol. The number of para-hydroxylation sites is 1. The van der Waals surface area contributed by atoms with Crippen molar-refractivity contribution >= 4 is 16.9 Å². The van der Waals surface area contributed by atoms with E-state index in [-0.39, 0.29) is 23.9 Å². The number of carbonyl (C=O) groups is 1. The highest BCUT2D eigenvalue weighted by Crippen LogP contribution is 2.44. The number of hydrogen-bond donors (Lipinski definition) is 2. The average molecular weight is 526 g/mol. The first kappa shape index (κ1) is 26.6. The molecule has 0 bridgehead atoms. The van der Waals surface area contributed by atoms with Crippen LogP contribution in [-0.4, -0.2) is 64.7 Å². The molecule has 2 aliphatic rings. The first-order valence-corrected chi connectivity index (χ1v) is 13.5. The summed E-state index contributed by atoms with van der Waals surface area (Å²) >= 11 is 0. The Balaban J connectivity index is 1.49. The van der Waals surface area contributed by atoms with Crippen LogP contribution in [0.5, 0.6) is 5.75 Å². The molecular formula is C30H37F2N3O3. The van der Waals surface area contributed by atoms with Crippen LogP contribution in [0, 0.1) is 23.0 Å². The van der Waals surface area contributed by atoms with Crippen LogP contribution in [0.2, 0.25) is 0 Å². The van der Waals surface area contributed by atoms with E-state index in [0.29, 0.717) is 18.7 Å². The quantitative estimate of drug-likeness (QED) is 0.380. The van der Waals surface area contributed by atoms with Gasteiger partial charge in [-0.25, -0.2) is 8.78 Å². The smallest absolute Gasteiger partial charge is 0.310 e. The van der Waals surface area contributed by atoms with Crippen molar-refractivity contribution in [3.05, 3.63) is 64.9 Å². The summed E-state index contributed by atoms with van der Waals surface area (Å²) in [7, 11) is 0. The molecule has 1 saturated heterocycles. The lowest BCUT2D eigenvalue weighted by molar-refractivity contribution is -0.148. The molecule has 3 heterocycles. The van der Waals surface area contributed by atoms with E-state index in [4.69, 9.17) is 4.74 Å².